The summed E-state index contributed by atoms with van der Waals surface area (Å²) in [6, 6.07) is 8.32. The smallest absolute Gasteiger partial charge is 0.163 e. The molecule has 0 radical (unpaired) electrons. The van der Waals surface area contributed by atoms with Crippen molar-refractivity contribution in [2.24, 2.45) is 0 Å². The molecule has 1 aliphatic rings. The summed E-state index contributed by atoms with van der Waals surface area (Å²) in [5.74, 6) is 1.87. The lowest BCUT2D eigenvalue weighted by atomic mass is 10.1. The van der Waals surface area contributed by atoms with Crippen LogP contribution in [0.4, 0.5) is 0 Å². The average molecular weight is 330 g/mol. The van der Waals surface area contributed by atoms with Crippen molar-refractivity contribution in [2.45, 2.75) is 32.4 Å². The van der Waals surface area contributed by atoms with Crippen molar-refractivity contribution in [2.75, 3.05) is 33.4 Å². The van der Waals surface area contributed by atoms with Crippen LogP contribution in [0.5, 0.6) is 5.75 Å². The average Bonchev–Trinajstić information content (AvgIpc) is 3.11. The Kier molecular flexibility index (Phi) is 5.82. The predicted molar refractivity (Wildman–Crippen MR) is 92.1 cm³/mol. The van der Waals surface area contributed by atoms with E-state index in [9.17, 15) is 0 Å². The lowest BCUT2D eigenvalue weighted by Gasteiger charge is -2.32. The zero-order chi connectivity index (χ0) is 16.8. The number of rotatable bonds is 7. The highest BCUT2D eigenvalue weighted by Gasteiger charge is 2.25. The van der Waals surface area contributed by atoms with E-state index >= 15 is 0 Å². The summed E-state index contributed by atoms with van der Waals surface area (Å²) < 4.78 is 13.3. The molecule has 3 rings (SSSR count). The van der Waals surface area contributed by atoms with Crippen molar-refractivity contribution >= 4 is 0 Å². The standard InChI is InChI=1S/C18H26N4O2/c1-3-22-14-19-20-18(22)17-13-21(10-11-24-17)9-5-7-15-6-4-8-16(12-15)23-2/h4,6,8,12,14,17H,3,5,7,9-11,13H2,1-2H3/t17-/m0/s1. The van der Waals surface area contributed by atoms with Crippen LogP contribution in [0, 0.1) is 0 Å². The van der Waals surface area contributed by atoms with E-state index in [1.54, 1.807) is 13.4 Å². The Balaban J connectivity index is 1.50. The van der Waals surface area contributed by atoms with Gasteiger partial charge in [0, 0.05) is 19.6 Å². The van der Waals surface area contributed by atoms with Crippen molar-refractivity contribution in [3.63, 3.8) is 0 Å². The number of benzene rings is 1. The van der Waals surface area contributed by atoms with Crippen molar-refractivity contribution in [1.29, 1.82) is 0 Å². The summed E-state index contributed by atoms with van der Waals surface area (Å²) in [5.41, 5.74) is 1.32. The van der Waals surface area contributed by atoms with Gasteiger partial charge in [-0.1, -0.05) is 12.1 Å². The molecule has 2 aromatic rings. The molecule has 1 atom stereocenters. The fourth-order valence-electron chi connectivity index (χ4n) is 3.15. The molecule has 6 nitrogen and oxygen atoms in total. The largest absolute Gasteiger partial charge is 0.497 e. The van der Waals surface area contributed by atoms with E-state index in [2.05, 4.69) is 44.8 Å². The molecule has 0 bridgehead atoms. The van der Waals surface area contributed by atoms with Crippen LogP contribution in [0.25, 0.3) is 0 Å². The molecule has 0 N–H and O–H groups in total. The summed E-state index contributed by atoms with van der Waals surface area (Å²) in [7, 11) is 1.71. The van der Waals surface area contributed by atoms with Crippen molar-refractivity contribution < 1.29 is 9.47 Å². The predicted octanol–water partition coefficient (Wildman–Crippen LogP) is 2.31. The molecule has 1 saturated heterocycles. The molecule has 0 spiro atoms. The third-order valence-corrected chi connectivity index (χ3v) is 4.50. The molecule has 24 heavy (non-hydrogen) atoms. The molecule has 1 aromatic heterocycles. The normalized spacial score (nSPS) is 18.7. The number of hydrogen-bond donors (Lipinski definition) is 0. The quantitative estimate of drug-likeness (QED) is 0.780. The van der Waals surface area contributed by atoms with E-state index < -0.39 is 0 Å². The first-order valence-corrected chi connectivity index (χ1v) is 8.64. The van der Waals surface area contributed by atoms with E-state index in [-0.39, 0.29) is 6.10 Å². The maximum Gasteiger partial charge on any atom is 0.163 e. The summed E-state index contributed by atoms with van der Waals surface area (Å²) in [6.07, 6.45) is 3.99. The Morgan fingerprint density at radius 1 is 1.38 bits per heavy atom. The topological polar surface area (TPSA) is 52.4 Å². The van der Waals surface area contributed by atoms with E-state index in [1.807, 2.05) is 6.07 Å². The Hall–Kier alpha value is -1.92. The Morgan fingerprint density at radius 3 is 3.12 bits per heavy atom. The number of morpholine rings is 1. The Labute approximate surface area is 143 Å². The zero-order valence-electron chi connectivity index (χ0n) is 14.5. The molecule has 6 heteroatoms. The van der Waals surface area contributed by atoms with Gasteiger partial charge in [0.15, 0.2) is 5.82 Å². The van der Waals surface area contributed by atoms with E-state index in [4.69, 9.17) is 9.47 Å². The molecular formula is C18H26N4O2. The number of methoxy groups -OCH3 is 1. The minimum absolute atomic E-state index is 0.0259. The lowest BCUT2D eigenvalue weighted by molar-refractivity contribution is -0.0362. The highest BCUT2D eigenvalue weighted by Crippen LogP contribution is 2.21. The maximum absolute atomic E-state index is 5.91. The second kappa shape index (κ2) is 8.26. The monoisotopic (exact) mass is 330 g/mol. The molecule has 0 saturated carbocycles. The first kappa shape index (κ1) is 16.9. The van der Waals surface area contributed by atoms with Crippen LogP contribution in [0.15, 0.2) is 30.6 Å². The van der Waals surface area contributed by atoms with E-state index in [0.29, 0.717) is 0 Å². The van der Waals surface area contributed by atoms with Gasteiger partial charge in [0.2, 0.25) is 0 Å². The fourth-order valence-corrected chi connectivity index (χ4v) is 3.15. The van der Waals surface area contributed by atoms with Gasteiger partial charge in [-0.15, -0.1) is 10.2 Å². The van der Waals surface area contributed by atoms with Crippen LogP contribution in [0.3, 0.4) is 0 Å². The van der Waals surface area contributed by atoms with Crippen LogP contribution in [0.1, 0.15) is 30.8 Å². The molecule has 130 valence electrons. The summed E-state index contributed by atoms with van der Waals surface area (Å²) in [6.45, 7) is 6.66. The third kappa shape index (κ3) is 4.13. The second-order valence-electron chi connectivity index (χ2n) is 6.09. The van der Waals surface area contributed by atoms with Crippen LogP contribution in [-0.2, 0) is 17.7 Å². The van der Waals surface area contributed by atoms with Gasteiger partial charge in [-0.2, -0.15) is 0 Å². The SMILES string of the molecule is CCn1cnnc1[C@@H]1CN(CCCc2cccc(OC)c2)CCO1. The molecule has 1 fully saturated rings. The number of ether oxygens (including phenoxy) is 2. The van der Waals surface area contributed by atoms with Gasteiger partial charge >= 0.3 is 0 Å². The van der Waals surface area contributed by atoms with Crippen LogP contribution >= 0.6 is 0 Å². The number of aromatic nitrogens is 3. The third-order valence-electron chi connectivity index (χ3n) is 4.50. The van der Waals surface area contributed by atoms with Crippen molar-refractivity contribution in [3.8, 4) is 5.75 Å². The molecule has 0 unspecified atom stereocenters. The first-order valence-electron chi connectivity index (χ1n) is 8.64. The number of hydrogen-bond acceptors (Lipinski definition) is 5. The summed E-state index contributed by atoms with van der Waals surface area (Å²) in [4.78, 5) is 2.46. The van der Waals surface area contributed by atoms with Gasteiger partial charge < -0.3 is 14.0 Å². The molecule has 1 aliphatic heterocycles. The molecule has 0 amide bonds. The maximum atomic E-state index is 5.91. The minimum atomic E-state index is 0.0259. The van der Waals surface area contributed by atoms with Gasteiger partial charge in [0.25, 0.3) is 0 Å². The fraction of sp³-hybridized carbons (Fsp3) is 0.556. The zero-order valence-corrected chi connectivity index (χ0v) is 14.5. The molecule has 1 aromatic carbocycles. The minimum Gasteiger partial charge on any atom is -0.497 e. The van der Waals surface area contributed by atoms with E-state index in [0.717, 1.165) is 57.2 Å². The van der Waals surface area contributed by atoms with Gasteiger partial charge in [-0.05, 0) is 44.0 Å². The summed E-state index contributed by atoms with van der Waals surface area (Å²) >= 11 is 0. The number of nitrogens with zero attached hydrogens (tertiary/aromatic N) is 4. The highest BCUT2D eigenvalue weighted by molar-refractivity contribution is 5.28. The van der Waals surface area contributed by atoms with Gasteiger partial charge in [0.05, 0.1) is 13.7 Å². The van der Waals surface area contributed by atoms with Crippen molar-refractivity contribution in [1.82, 2.24) is 19.7 Å². The first-order chi connectivity index (χ1) is 11.8. The van der Waals surface area contributed by atoms with Gasteiger partial charge in [0.1, 0.15) is 18.2 Å². The lowest BCUT2D eigenvalue weighted by Crippen LogP contribution is -2.39. The molecular weight excluding hydrogens is 304 g/mol. The van der Waals surface area contributed by atoms with Gasteiger partial charge in [-0.25, -0.2) is 0 Å². The molecule has 2 heterocycles. The summed E-state index contributed by atoms with van der Waals surface area (Å²) in [5, 5.41) is 8.25. The van der Waals surface area contributed by atoms with E-state index in [1.165, 1.54) is 5.56 Å². The van der Waals surface area contributed by atoms with Crippen molar-refractivity contribution in [3.05, 3.63) is 42.0 Å². The van der Waals surface area contributed by atoms with Crippen LogP contribution in [0.2, 0.25) is 0 Å². The van der Waals surface area contributed by atoms with Gasteiger partial charge in [-0.3, -0.25) is 4.90 Å². The highest BCUT2D eigenvalue weighted by atomic mass is 16.5. The van der Waals surface area contributed by atoms with Crippen LogP contribution < -0.4 is 4.74 Å². The second-order valence-corrected chi connectivity index (χ2v) is 6.09. The number of aryl methyl sites for hydroxylation is 2. The molecule has 0 aliphatic carbocycles. The Morgan fingerprint density at radius 2 is 2.29 bits per heavy atom. The van der Waals surface area contributed by atoms with Crippen LogP contribution in [-0.4, -0.2) is 53.0 Å². The Bertz CT molecular complexity index is 643.